The molecular formula is C18H19N7O. The van der Waals surface area contributed by atoms with Crippen molar-refractivity contribution in [3.05, 3.63) is 42.0 Å². The van der Waals surface area contributed by atoms with Crippen molar-refractivity contribution in [1.29, 1.82) is 5.26 Å². The number of nitrogens with zero attached hydrogens (tertiary/aromatic N) is 7. The molecule has 0 aromatic carbocycles. The summed E-state index contributed by atoms with van der Waals surface area (Å²) in [6, 6.07) is 7.49. The van der Waals surface area contributed by atoms with Crippen molar-refractivity contribution in [2.75, 3.05) is 24.6 Å². The molecule has 0 N–H and O–H groups in total. The first-order valence-electron chi connectivity index (χ1n) is 8.64. The summed E-state index contributed by atoms with van der Waals surface area (Å²) in [5.74, 6) is 2.51. The Morgan fingerprint density at radius 1 is 1.35 bits per heavy atom. The highest BCUT2D eigenvalue weighted by atomic mass is 16.5. The number of hydrogen-bond donors (Lipinski definition) is 0. The number of aromatic nitrogens is 5. The molecule has 8 nitrogen and oxygen atoms in total. The van der Waals surface area contributed by atoms with Gasteiger partial charge in [-0.25, -0.2) is 9.97 Å². The van der Waals surface area contributed by atoms with Gasteiger partial charge in [0, 0.05) is 43.0 Å². The number of rotatable bonds is 4. The largest absolute Gasteiger partial charge is 0.477 e. The number of pyridine rings is 1. The number of anilines is 1. The summed E-state index contributed by atoms with van der Waals surface area (Å²) in [7, 11) is 0. The van der Waals surface area contributed by atoms with Crippen LogP contribution in [-0.4, -0.2) is 44.3 Å². The second kappa shape index (κ2) is 6.96. The molecule has 1 fully saturated rings. The van der Waals surface area contributed by atoms with Crippen LogP contribution in [0.2, 0.25) is 0 Å². The first kappa shape index (κ1) is 16.3. The van der Waals surface area contributed by atoms with E-state index in [0.717, 1.165) is 37.4 Å². The van der Waals surface area contributed by atoms with E-state index in [1.165, 1.54) is 6.33 Å². The lowest BCUT2D eigenvalue weighted by molar-refractivity contribution is 0.221. The number of aryl methyl sites for hydroxylation is 1. The van der Waals surface area contributed by atoms with Crippen LogP contribution in [0.3, 0.4) is 0 Å². The Bertz CT molecular complexity index is 962. The van der Waals surface area contributed by atoms with Gasteiger partial charge in [-0.2, -0.15) is 19.9 Å². The fraction of sp³-hybridized carbons (Fsp3) is 0.389. The smallest absolute Gasteiger partial charge is 0.254 e. The lowest BCUT2D eigenvalue weighted by atomic mass is 9.99. The van der Waals surface area contributed by atoms with Gasteiger partial charge >= 0.3 is 0 Å². The molecular weight excluding hydrogens is 330 g/mol. The lowest BCUT2D eigenvalue weighted by Crippen LogP contribution is -2.39. The van der Waals surface area contributed by atoms with Gasteiger partial charge in [-0.3, -0.25) is 0 Å². The third-order valence-corrected chi connectivity index (χ3v) is 4.53. The van der Waals surface area contributed by atoms with E-state index in [-0.39, 0.29) is 0 Å². The second-order valence-corrected chi connectivity index (χ2v) is 6.49. The van der Waals surface area contributed by atoms with Crippen LogP contribution in [0.5, 0.6) is 5.88 Å². The van der Waals surface area contributed by atoms with Crippen LogP contribution in [0.1, 0.15) is 24.1 Å². The van der Waals surface area contributed by atoms with Crippen molar-refractivity contribution in [3.63, 3.8) is 0 Å². The molecule has 1 saturated heterocycles. The zero-order chi connectivity index (χ0) is 17.9. The number of piperidine rings is 1. The Balaban J connectivity index is 1.47. The molecule has 1 aliphatic rings. The lowest BCUT2D eigenvalue weighted by Gasteiger charge is -2.34. The van der Waals surface area contributed by atoms with Crippen molar-refractivity contribution in [2.45, 2.75) is 19.8 Å². The van der Waals surface area contributed by atoms with Gasteiger partial charge in [0.15, 0.2) is 0 Å². The molecule has 26 heavy (non-hydrogen) atoms. The second-order valence-electron chi connectivity index (χ2n) is 6.49. The first-order valence-corrected chi connectivity index (χ1v) is 8.64. The van der Waals surface area contributed by atoms with Gasteiger partial charge in [0.2, 0.25) is 5.88 Å². The minimum atomic E-state index is 0.378. The third-order valence-electron chi connectivity index (χ3n) is 4.53. The van der Waals surface area contributed by atoms with Crippen molar-refractivity contribution < 1.29 is 4.74 Å². The number of hydrogen-bond acceptors (Lipinski definition) is 7. The number of fused-ring (bicyclic) bond motifs is 1. The van der Waals surface area contributed by atoms with Gasteiger partial charge < -0.3 is 9.64 Å². The predicted molar refractivity (Wildman–Crippen MR) is 94.9 cm³/mol. The Morgan fingerprint density at radius 3 is 3.15 bits per heavy atom. The van der Waals surface area contributed by atoms with Crippen LogP contribution in [0.15, 0.2) is 30.7 Å². The molecule has 1 unspecified atom stereocenters. The summed E-state index contributed by atoms with van der Waals surface area (Å²) in [6.07, 6.45) is 5.31. The van der Waals surface area contributed by atoms with Crippen LogP contribution < -0.4 is 9.64 Å². The van der Waals surface area contributed by atoms with Crippen molar-refractivity contribution in [2.24, 2.45) is 5.92 Å². The summed E-state index contributed by atoms with van der Waals surface area (Å²) in [6.45, 7) is 4.38. The van der Waals surface area contributed by atoms with Crippen molar-refractivity contribution in [3.8, 4) is 11.9 Å². The molecule has 132 valence electrons. The molecule has 1 aliphatic heterocycles. The van der Waals surface area contributed by atoms with Gasteiger partial charge in [0.25, 0.3) is 5.78 Å². The van der Waals surface area contributed by atoms with Crippen LogP contribution in [0.25, 0.3) is 5.78 Å². The topological polar surface area (TPSA) is 92.2 Å². The number of nitriles is 1. The SMILES string of the molecule is Cc1cc(N2CCCC(COc3cc(C#N)ccn3)C2)n2ncnc2n1. The third kappa shape index (κ3) is 3.28. The fourth-order valence-corrected chi connectivity index (χ4v) is 3.31. The van der Waals surface area contributed by atoms with E-state index in [4.69, 9.17) is 10.00 Å². The Labute approximate surface area is 151 Å². The molecule has 4 heterocycles. The van der Waals surface area contributed by atoms with E-state index in [1.54, 1.807) is 22.8 Å². The highest BCUT2D eigenvalue weighted by molar-refractivity contribution is 5.47. The van der Waals surface area contributed by atoms with E-state index < -0.39 is 0 Å². The molecule has 3 aromatic heterocycles. The molecule has 0 radical (unpaired) electrons. The van der Waals surface area contributed by atoms with Crippen molar-refractivity contribution in [1.82, 2.24) is 24.6 Å². The Hall–Kier alpha value is -3.21. The number of ether oxygens (including phenoxy) is 1. The van der Waals surface area contributed by atoms with E-state index >= 15 is 0 Å². The maximum Gasteiger partial charge on any atom is 0.254 e. The van der Waals surface area contributed by atoms with E-state index in [2.05, 4.69) is 31.0 Å². The maximum atomic E-state index is 8.97. The van der Waals surface area contributed by atoms with Crippen LogP contribution >= 0.6 is 0 Å². The molecule has 1 atom stereocenters. The minimum absolute atomic E-state index is 0.378. The normalized spacial score (nSPS) is 17.2. The fourth-order valence-electron chi connectivity index (χ4n) is 3.31. The minimum Gasteiger partial charge on any atom is -0.477 e. The van der Waals surface area contributed by atoms with Crippen LogP contribution in [0, 0.1) is 24.2 Å². The molecule has 0 saturated carbocycles. The molecule has 0 spiro atoms. The van der Waals surface area contributed by atoms with E-state index in [9.17, 15) is 0 Å². The molecule has 0 amide bonds. The van der Waals surface area contributed by atoms with Crippen LogP contribution in [-0.2, 0) is 0 Å². The Kier molecular flexibility index (Phi) is 4.35. The van der Waals surface area contributed by atoms with E-state index in [1.807, 2.05) is 13.0 Å². The maximum absolute atomic E-state index is 8.97. The predicted octanol–water partition coefficient (Wildman–Crippen LogP) is 1.99. The highest BCUT2D eigenvalue weighted by Crippen LogP contribution is 2.24. The Morgan fingerprint density at radius 2 is 2.27 bits per heavy atom. The zero-order valence-electron chi connectivity index (χ0n) is 14.5. The van der Waals surface area contributed by atoms with Gasteiger partial charge in [-0.15, -0.1) is 0 Å². The van der Waals surface area contributed by atoms with Crippen LogP contribution in [0.4, 0.5) is 5.82 Å². The quantitative estimate of drug-likeness (QED) is 0.711. The monoisotopic (exact) mass is 349 g/mol. The van der Waals surface area contributed by atoms with Gasteiger partial charge in [-0.05, 0) is 25.8 Å². The van der Waals surface area contributed by atoms with E-state index in [0.29, 0.717) is 29.7 Å². The molecule has 4 rings (SSSR count). The molecule has 0 aliphatic carbocycles. The van der Waals surface area contributed by atoms with Gasteiger partial charge in [-0.1, -0.05) is 0 Å². The van der Waals surface area contributed by atoms with Crippen molar-refractivity contribution >= 4 is 11.6 Å². The molecule has 8 heteroatoms. The van der Waals surface area contributed by atoms with Gasteiger partial charge in [0.05, 0.1) is 18.2 Å². The van der Waals surface area contributed by atoms with Gasteiger partial charge in [0.1, 0.15) is 12.1 Å². The zero-order valence-corrected chi connectivity index (χ0v) is 14.5. The average molecular weight is 349 g/mol. The standard InChI is InChI=1S/C18H19N7O/c1-13-7-17(25-18(23-13)21-12-22-25)24-6-2-3-15(10-24)11-26-16-8-14(9-19)4-5-20-16/h4-5,7-8,12,15H,2-3,6,10-11H2,1H3. The summed E-state index contributed by atoms with van der Waals surface area (Å²) < 4.78 is 7.62. The first-order chi connectivity index (χ1) is 12.7. The summed E-state index contributed by atoms with van der Waals surface area (Å²) >= 11 is 0. The summed E-state index contributed by atoms with van der Waals surface area (Å²) in [4.78, 5) is 15.1. The molecule has 0 bridgehead atoms. The highest BCUT2D eigenvalue weighted by Gasteiger charge is 2.23. The summed E-state index contributed by atoms with van der Waals surface area (Å²) in [5, 5.41) is 13.3. The summed E-state index contributed by atoms with van der Waals surface area (Å²) in [5.41, 5.74) is 1.48. The molecule has 3 aromatic rings. The average Bonchev–Trinajstić information content (AvgIpc) is 3.14.